The third-order valence-electron chi connectivity index (χ3n) is 10.4. The fourth-order valence-electron chi connectivity index (χ4n) is 4.36. The second-order valence-corrected chi connectivity index (χ2v) is 33.5. The topological polar surface area (TPSA) is 14.1 Å². The smallest absolute Gasteiger partial charge is 0.663 e. The molecule has 0 aliphatic heterocycles. The molecule has 2 atom stereocenters. The van der Waals surface area contributed by atoms with Crippen LogP contribution in [0, 0.1) is 11.8 Å². The number of hydrogen-bond donors (Lipinski definition) is 0. The van der Waals surface area contributed by atoms with Crippen molar-refractivity contribution in [2.45, 2.75) is 202 Å². The van der Waals surface area contributed by atoms with Crippen molar-refractivity contribution in [1.29, 1.82) is 0 Å². The quantitative estimate of drug-likeness (QED) is 0.187. The molecule has 3 fully saturated rings. The fourth-order valence-corrected chi connectivity index (χ4v) is 9.34. The molecule has 3 rings (SSSR count). The SMILES string of the molecule is C1CCCC1.C1CCCC1.C1CCCC1.CC(C)C(C)(C)[Si](C)(C)P.CC(C)C(C)(C)[Si](C)(C)P.CC[N-]CC.[Zr+2].[Zr+2]. The van der Waals surface area contributed by atoms with Crippen LogP contribution in [0.25, 0.3) is 5.32 Å². The van der Waals surface area contributed by atoms with Gasteiger partial charge in [0.2, 0.25) is 0 Å². The summed E-state index contributed by atoms with van der Waals surface area (Å²) >= 11 is 0. The molecule has 0 spiro atoms. The molecule has 0 radical (unpaired) electrons. The van der Waals surface area contributed by atoms with Gasteiger partial charge in [-0.3, -0.25) is 0 Å². The number of nitrogens with zero attached hydrogens (tertiary/aromatic N) is 1. The van der Waals surface area contributed by atoms with Crippen LogP contribution in [0.1, 0.15) is 166 Å². The van der Waals surface area contributed by atoms with Crippen LogP contribution in [0.2, 0.25) is 36.3 Å². The summed E-state index contributed by atoms with van der Waals surface area (Å²) in [6.45, 7) is 34.5. The van der Waals surface area contributed by atoms with Gasteiger partial charge in [0.15, 0.2) is 0 Å². The number of rotatable bonds is 6. The van der Waals surface area contributed by atoms with E-state index in [9.17, 15) is 0 Å². The first-order valence-corrected chi connectivity index (χ1v) is 27.1. The molecule has 3 aliphatic carbocycles. The third-order valence-corrected chi connectivity index (χ3v) is 22.7. The van der Waals surface area contributed by atoms with E-state index in [4.69, 9.17) is 0 Å². The van der Waals surface area contributed by atoms with Crippen LogP contribution in [-0.4, -0.2) is 28.6 Å². The standard InChI is InChI=1S/2C8H21PSi.3C5H10.C4H10N.2Zr/c2*1-7(2)8(3,4)10(5,6)9;3*1-2-4-5-3-1;1-3-5-4-2;;/h2*7H,9H2,1-6H3;3*1-5H2;3-4H2,1-2H3;;/q;;;;;-1;2*+2. The maximum atomic E-state index is 3.97. The van der Waals surface area contributed by atoms with Crippen molar-refractivity contribution < 1.29 is 52.4 Å². The summed E-state index contributed by atoms with van der Waals surface area (Å²) in [6, 6.07) is 0. The van der Waals surface area contributed by atoms with Gasteiger partial charge in [-0.2, -0.15) is 13.1 Å². The normalized spacial score (nSPS) is 16.4. The molecular formula is C35H82NP2Si2Zr2+3. The Labute approximate surface area is 314 Å². The first kappa shape index (κ1) is 54.5. The van der Waals surface area contributed by atoms with Crippen molar-refractivity contribution >= 4 is 33.1 Å². The van der Waals surface area contributed by atoms with Crippen molar-refractivity contribution in [2.75, 3.05) is 13.1 Å². The van der Waals surface area contributed by atoms with Gasteiger partial charge in [-0.1, -0.05) is 192 Å². The summed E-state index contributed by atoms with van der Waals surface area (Å²) in [5, 5.41) is 5.05. The largest absolute Gasteiger partial charge is 2.00 e. The first-order chi connectivity index (χ1) is 18.3. The zero-order valence-corrected chi connectivity index (χ0v) is 41.0. The molecule has 0 aromatic heterocycles. The Morgan fingerprint density at radius 2 is 0.619 bits per heavy atom. The van der Waals surface area contributed by atoms with Crippen LogP contribution in [-0.2, 0) is 52.4 Å². The molecule has 7 heteroatoms. The molecule has 42 heavy (non-hydrogen) atoms. The summed E-state index contributed by atoms with van der Waals surface area (Å²) in [5.41, 5.74) is 0. The molecule has 0 aromatic carbocycles. The maximum absolute atomic E-state index is 3.97. The van der Waals surface area contributed by atoms with Gasteiger partial charge < -0.3 is 5.32 Å². The first-order valence-electron chi connectivity index (χ1n) is 17.5. The Morgan fingerprint density at radius 3 is 0.643 bits per heavy atom. The zero-order valence-electron chi connectivity index (χ0n) is 31.8. The monoisotopic (exact) mass is 814 g/mol. The minimum atomic E-state index is -1.03. The van der Waals surface area contributed by atoms with Gasteiger partial charge in [0.25, 0.3) is 0 Å². The van der Waals surface area contributed by atoms with E-state index >= 15 is 0 Å². The molecule has 0 bridgehead atoms. The van der Waals surface area contributed by atoms with Crippen molar-refractivity contribution in [3.63, 3.8) is 0 Å². The van der Waals surface area contributed by atoms with Crippen molar-refractivity contribution in [1.82, 2.24) is 0 Å². The molecule has 0 heterocycles. The van der Waals surface area contributed by atoms with Crippen LogP contribution in [0.4, 0.5) is 0 Å². The van der Waals surface area contributed by atoms with Gasteiger partial charge in [0.1, 0.15) is 0 Å². The summed E-state index contributed by atoms with van der Waals surface area (Å²) in [5.74, 6) is 1.60. The third kappa shape index (κ3) is 30.4. The van der Waals surface area contributed by atoms with Gasteiger partial charge in [-0.15, -0.1) is 17.6 Å². The van der Waals surface area contributed by atoms with Gasteiger partial charge >= 0.3 is 52.4 Å². The minimum Gasteiger partial charge on any atom is -0.663 e. The van der Waals surface area contributed by atoms with E-state index in [0.29, 0.717) is 10.1 Å². The van der Waals surface area contributed by atoms with Gasteiger partial charge in [-0.25, -0.2) is 0 Å². The van der Waals surface area contributed by atoms with E-state index in [1.54, 1.807) is 0 Å². The van der Waals surface area contributed by atoms with Crippen LogP contribution >= 0.6 is 17.6 Å². The van der Waals surface area contributed by atoms with Gasteiger partial charge in [-0.05, 0) is 21.9 Å². The maximum Gasteiger partial charge on any atom is 2.00 e. The van der Waals surface area contributed by atoms with E-state index in [2.05, 4.69) is 104 Å². The van der Waals surface area contributed by atoms with E-state index in [-0.39, 0.29) is 52.4 Å². The Hall–Kier alpha value is 3.02. The van der Waals surface area contributed by atoms with E-state index in [1.807, 2.05) is 13.8 Å². The molecule has 2 unspecified atom stereocenters. The molecule has 0 saturated heterocycles. The predicted octanol–water partition coefficient (Wildman–Crippen LogP) is 14.3. The second kappa shape index (κ2) is 31.3. The van der Waals surface area contributed by atoms with Gasteiger partial charge in [0, 0.05) is 0 Å². The Balaban J connectivity index is -0.000000133. The van der Waals surface area contributed by atoms with Crippen LogP contribution in [0.15, 0.2) is 0 Å². The Bertz CT molecular complexity index is 455. The second-order valence-electron chi connectivity index (χ2n) is 15.4. The van der Waals surface area contributed by atoms with Gasteiger partial charge in [0.05, 0.1) is 15.5 Å². The molecule has 3 saturated carbocycles. The van der Waals surface area contributed by atoms with Crippen LogP contribution < -0.4 is 0 Å². The van der Waals surface area contributed by atoms with Crippen molar-refractivity contribution in [3.8, 4) is 0 Å². The Morgan fingerprint density at radius 1 is 0.476 bits per heavy atom. The van der Waals surface area contributed by atoms with E-state index in [0.717, 1.165) is 24.9 Å². The Kier molecular flexibility index (Phi) is 40.6. The predicted molar refractivity (Wildman–Crippen MR) is 206 cm³/mol. The van der Waals surface area contributed by atoms with Crippen LogP contribution in [0.3, 0.4) is 0 Å². The molecule has 250 valence electrons. The number of hydrogen-bond acceptors (Lipinski definition) is 0. The average molecular weight is 818 g/mol. The van der Waals surface area contributed by atoms with E-state index in [1.165, 1.54) is 96.3 Å². The summed E-state index contributed by atoms with van der Waals surface area (Å²) < 4.78 is 0. The molecule has 0 N–H and O–H groups in total. The van der Waals surface area contributed by atoms with Crippen LogP contribution in [0.5, 0.6) is 0 Å². The van der Waals surface area contributed by atoms with E-state index < -0.39 is 15.5 Å². The molecule has 0 amide bonds. The average Bonchev–Trinajstić information content (AvgIpc) is 3.65. The molecular weight excluding hydrogens is 735 g/mol. The molecule has 0 aromatic rings. The molecule has 3 aliphatic rings. The summed E-state index contributed by atoms with van der Waals surface area (Å²) in [4.78, 5) is 0. The zero-order chi connectivity index (χ0) is 31.9. The fraction of sp³-hybridized carbons (Fsp3) is 1.00. The summed E-state index contributed by atoms with van der Waals surface area (Å²) in [7, 11) is 4.07. The molecule has 1 nitrogen and oxygen atoms in total. The van der Waals surface area contributed by atoms with Crippen molar-refractivity contribution in [3.05, 3.63) is 5.32 Å². The minimum absolute atomic E-state index is 0. The summed E-state index contributed by atoms with van der Waals surface area (Å²) in [6.07, 6.45) is 22.5. The van der Waals surface area contributed by atoms with Crippen molar-refractivity contribution in [2.24, 2.45) is 11.8 Å².